The van der Waals surface area contributed by atoms with Crippen LogP contribution in [0.1, 0.15) is 30.9 Å². The third kappa shape index (κ3) is 2.14. The highest BCUT2D eigenvalue weighted by Gasteiger charge is 2.23. The summed E-state index contributed by atoms with van der Waals surface area (Å²) in [5.74, 6) is 0.976. The zero-order valence-electron chi connectivity index (χ0n) is 8.02. The Morgan fingerprint density at radius 2 is 2.15 bits per heavy atom. The van der Waals surface area contributed by atoms with Crippen molar-refractivity contribution in [2.75, 3.05) is 0 Å². The molecule has 13 heavy (non-hydrogen) atoms. The van der Waals surface area contributed by atoms with Gasteiger partial charge in [-0.2, -0.15) is 0 Å². The average molecular weight is 239 g/mol. The van der Waals surface area contributed by atoms with E-state index in [0.29, 0.717) is 0 Å². The Labute approximate surface area is 88.5 Å². The zero-order valence-corrected chi connectivity index (χ0v) is 9.60. The maximum Gasteiger partial charge on any atom is 0.0210 e. The van der Waals surface area contributed by atoms with Crippen LogP contribution < -0.4 is 0 Å². The van der Waals surface area contributed by atoms with Crippen molar-refractivity contribution >= 4 is 15.9 Å². The summed E-state index contributed by atoms with van der Waals surface area (Å²) in [6.07, 6.45) is 5.31. The Balaban J connectivity index is 2.27. The number of aryl methyl sites for hydroxylation is 1. The van der Waals surface area contributed by atoms with Gasteiger partial charge in [-0.3, -0.25) is 0 Å². The second-order valence-electron chi connectivity index (χ2n) is 3.88. The van der Waals surface area contributed by atoms with Gasteiger partial charge < -0.3 is 0 Å². The van der Waals surface area contributed by atoms with Crippen molar-refractivity contribution in [1.29, 1.82) is 0 Å². The van der Waals surface area contributed by atoms with Crippen molar-refractivity contribution in [3.63, 3.8) is 0 Å². The van der Waals surface area contributed by atoms with Crippen LogP contribution in [0.15, 0.2) is 22.7 Å². The summed E-state index contributed by atoms with van der Waals surface area (Å²) in [7, 11) is 0. The van der Waals surface area contributed by atoms with Crippen LogP contribution in [0.3, 0.4) is 0 Å². The Bertz CT molecular complexity index is 300. The summed E-state index contributed by atoms with van der Waals surface area (Å²) in [5.41, 5.74) is 3.06. The van der Waals surface area contributed by atoms with Crippen LogP contribution in [0.4, 0.5) is 0 Å². The van der Waals surface area contributed by atoms with E-state index in [1.807, 2.05) is 0 Å². The third-order valence-electron chi connectivity index (χ3n) is 2.79. The normalized spacial score (nSPS) is 16.2. The number of hydrogen-bond acceptors (Lipinski definition) is 0. The predicted molar refractivity (Wildman–Crippen MR) is 59.9 cm³/mol. The van der Waals surface area contributed by atoms with Crippen molar-refractivity contribution < 1.29 is 0 Å². The van der Waals surface area contributed by atoms with E-state index in [-0.39, 0.29) is 0 Å². The van der Waals surface area contributed by atoms with E-state index in [4.69, 9.17) is 0 Å². The standard InChI is InChI=1S/C12H15Br/c1-2-10-4-3-5-12(13)11(10)8-9-6-7-9/h3-5,9H,2,6-8H2,1H3. The van der Waals surface area contributed by atoms with Crippen molar-refractivity contribution in [2.45, 2.75) is 32.6 Å². The fourth-order valence-corrected chi connectivity index (χ4v) is 2.34. The summed E-state index contributed by atoms with van der Waals surface area (Å²) in [5, 5.41) is 0. The lowest BCUT2D eigenvalue weighted by atomic mass is 10.0. The molecule has 1 aromatic carbocycles. The Morgan fingerprint density at radius 3 is 2.77 bits per heavy atom. The van der Waals surface area contributed by atoms with E-state index in [1.165, 1.54) is 29.3 Å². The van der Waals surface area contributed by atoms with E-state index >= 15 is 0 Å². The van der Waals surface area contributed by atoms with Crippen LogP contribution in [0.25, 0.3) is 0 Å². The summed E-state index contributed by atoms with van der Waals surface area (Å²) in [6, 6.07) is 6.55. The molecule has 0 bridgehead atoms. The lowest BCUT2D eigenvalue weighted by molar-refractivity contribution is 0.815. The minimum atomic E-state index is 0.976. The second kappa shape index (κ2) is 3.83. The largest absolute Gasteiger partial charge is 0.0613 e. The number of hydrogen-bond donors (Lipinski definition) is 0. The lowest BCUT2D eigenvalue weighted by Gasteiger charge is -2.09. The van der Waals surface area contributed by atoms with Crippen molar-refractivity contribution in [3.8, 4) is 0 Å². The van der Waals surface area contributed by atoms with E-state index in [2.05, 4.69) is 41.1 Å². The van der Waals surface area contributed by atoms with Gasteiger partial charge in [-0.15, -0.1) is 0 Å². The molecule has 0 heterocycles. The van der Waals surface area contributed by atoms with Crippen LogP contribution in [0.5, 0.6) is 0 Å². The SMILES string of the molecule is CCc1cccc(Br)c1CC1CC1. The van der Waals surface area contributed by atoms with Gasteiger partial charge in [-0.05, 0) is 48.8 Å². The Morgan fingerprint density at radius 1 is 1.38 bits per heavy atom. The molecular weight excluding hydrogens is 224 g/mol. The molecule has 0 aromatic heterocycles. The molecule has 0 saturated heterocycles. The van der Waals surface area contributed by atoms with Crippen LogP contribution >= 0.6 is 15.9 Å². The highest BCUT2D eigenvalue weighted by molar-refractivity contribution is 9.10. The van der Waals surface area contributed by atoms with Gasteiger partial charge in [0.1, 0.15) is 0 Å². The molecule has 0 atom stereocenters. The van der Waals surface area contributed by atoms with Gasteiger partial charge >= 0.3 is 0 Å². The molecular formula is C12H15Br. The molecule has 0 N–H and O–H groups in total. The minimum Gasteiger partial charge on any atom is -0.0613 e. The smallest absolute Gasteiger partial charge is 0.0210 e. The van der Waals surface area contributed by atoms with Crippen molar-refractivity contribution in [1.82, 2.24) is 0 Å². The third-order valence-corrected chi connectivity index (χ3v) is 3.53. The molecule has 1 heteroatoms. The summed E-state index contributed by atoms with van der Waals surface area (Å²) >= 11 is 3.64. The topological polar surface area (TPSA) is 0 Å². The average Bonchev–Trinajstić information content (AvgIpc) is 2.92. The van der Waals surface area contributed by atoms with Crippen LogP contribution in [-0.4, -0.2) is 0 Å². The highest BCUT2D eigenvalue weighted by Crippen LogP contribution is 2.35. The van der Waals surface area contributed by atoms with Crippen LogP contribution in [-0.2, 0) is 12.8 Å². The van der Waals surface area contributed by atoms with Gasteiger partial charge in [0.05, 0.1) is 0 Å². The fraction of sp³-hybridized carbons (Fsp3) is 0.500. The Hall–Kier alpha value is -0.300. The summed E-state index contributed by atoms with van der Waals surface area (Å²) in [6.45, 7) is 2.23. The molecule has 0 unspecified atom stereocenters. The molecule has 0 spiro atoms. The predicted octanol–water partition coefficient (Wildman–Crippen LogP) is 3.96. The molecule has 1 aromatic rings. The van der Waals surface area contributed by atoms with Crippen molar-refractivity contribution in [3.05, 3.63) is 33.8 Å². The molecule has 0 radical (unpaired) electrons. The molecule has 2 rings (SSSR count). The minimum absolute atomic E-state index is 0.976. The molecule has 70 valence electrons. The molecule has 0 amide bonds. The first-order valence-electron chi connectivity index (χ1n) is 5.07. The van der Waals surface area contributed by atoms with E-state index < -0.39 is 0 Å². The maximum atomic E-state index is 3.64. The molecule has 1 aliphatic carbocycles. The highest BCUT2D eigenvalue weighted by atomic mass is 79.9. The van der Waals surface area contributed by atoms with Gasteiger partial charge in [0.25, 0.3) is 0 Å². The van der Waals surface area contributed by atoms with Crippen LogP contribution in [0, 0.1) is 5.92 Å². The second-order valence-corrected chi connectivity index (χ2v) is 4.73. The molecule has 0 nitrogen and oxygen atoms in total. The summed E-state index contributed by atoms with van der Waals surface area (Å²) < 4.78 is 1.30. The van der Waals surface area contributed by atoms with Crippen molar-refractivity contribution in [2.24, 2.45) is 5.92 Å². The van der Waals surface area contributed by atoms with Gasteiger partial charge in [0, 0.05) is 4.47 Å². The van der Waals surface area contributed by atoms with Gasteiger partial charge in [-0.1, -0.05) is 35.0 Å². The van der Waals surface area contributed by atoms with Gasteiger partial charge in [-0.25, -0.2) is 0 Å². The zero-order chi connectivity index (χ0) is 9.26. The first-order chi connectivity index (χ1) is 6.31. The first kappa shape index (κ1) is 9.26. The van der Waals surface area contributed by atoms with E-state index in [1.54, 1.807) is 5.56 Å². The first-order valence-corrected chi connectivity index (χ1v) is 5.86. The van der Waals surface area contributed by atoms with Gasteiger partial charge in [0.2, 0.25) is 0 Å². The van der Waals surface area contributed by atoms with E-state index in [0.717, 1.165) is 12.3 Å². The number of rotatable bonds is 3. The Kier molecular flexibility index (Phi) is 2.73. The lowest BCUT2D eigenvalue weighted by Crippen LogP contribution is -1.95. The number of benzene rings is 1. The molecule has 1 fully saturated rings. The monoisotopic (exact) mass is 238 g/mol. The molecule has 0 aliphatic heterocycles. The molecule has 1 aliphatic rings. The van der Waals surface area contributed by atoms with Gasteiger partial charge in [0.15, 0.2) is 0 Å². The van der Waals surface area contributed by atoms with E-state index in [9.17, 15) is 0 Å². The number of halogens is 1. The quantitative estimate of drug-likeness (QED) is 0.748. The summed E-state index contributed by atoms with van der Waals surface area (Å²) in [4.78, 5) is 0. The molecule has 1 saturated carbocycles. The maximum absolute atomic E-state index is 3.64. The fourth-order valence-electron chi connectivity index (χ4n) is 1.77. The van der Waals surface area contributed by atoms with Crippen LogP contribution in [0.2, 0.25) is 0 Å².